The third-order valence-electron chi connectivity index (χ3n) is 12.8. The van der Waals surface area contributed by atoms with Gasteiger partial charge in [0, 0.05) is 54.8 Å². The first kappa shape index (κ1) is 36.1. The zero-order valence-corrected chi connectivity index (χ0v) is 34.7. The summed E-state index contributed by atoms with van der Waals surface area (Å²) in [4.78, 5) is 2.38. The number of anilines is 3. The molecule has 0 N–H and O–H groups in total. The topological polar surface area (TPSA) is 34.5 Å². The van der Waals surface area contributed by atoms with Crippen molar-refractivity contribution in [1.29, 1.82) is 0 Å². The first-order valence-corrected chi connectivity index (χ1v) is 21.8. The first-order chi connectivity index (χ1) is 31.8. The summed E-state index contributed by atoms with van der Waals surface area (Å²) in [6.45, 7) is 0. The van der Waals surface area contributed by atoms with Crippen LogP contribution < -0.4 is 4.90 Å². The summed E-state index contributed by atoms with van der Waals surface area (Å²) in [6.07, 6.45) is 0. The van der Waals surface area contributed by atoms with Crippen LogP contribution >= 0.6 is 0 Å². The number of rotatable bonds is 7. The van der Waals surface area contributed by atoms with Gasteiger partial charge in [0.1, 0.15) is 22.3 Å². The smallest absolute Gasteiger partial charge is 0.145 e. The molecule has 0 radical (unpaired) electrons. The summed E-state index contributed by atoms with van der Waals surface area (Å²) in [7, 11) is 0. The maximum Gasteiger partial charge on any atom is 0.145 e. The van der Waals surface area contributed by atoms with E-state index in [1.807, 2.05) is 18.2 Å². The Balaban J connectivity index is 1.07. The van der Waals surface area contributed by atoms with Gasteiger partial charge in [-0.3, -0.25) is 0 Å². The summed E-state index contributed by atoms with van der Waals surface area (Å²) in [5, 5.41) is 6.82. The van der Waals surface area contributed by atoms with Crippen LogP contribution in [0.1, 0.15) is 0 Å². The molecular weight excluding hydrogens is 781 g/mol. The zero-order valence-electron chi connectivity index (χ0n) is 34.7. The van der Waals surface area contributed by atoms with E-state index in [0.29, 0.717) is 0 Å². The van der Waals surface area contributed by atoms with E-state index in [4.69, 9.17) is 8.83 Å². The number of nitrogens with zero attached hydrogens (tertiary/aromatic N) is 2. The lowest BCUT2D eigenvalue weighted by Gasteiger charge is -2.29. The second kappa shape index (κ2) is 14.5. The van der Waals surface area contributed by atoms with Crippen molar-refractivity contribution in [3.63, 3.8) is 0 Å². The summed E-state index contributed by atoms with van der Waals surface area (Å²) < 4.78 is 15.9. The minimum Gasteiger partial charge on any atom is -0.455 e. The lowest BCUT2D eigenvalue weighted by atomic mass is 9.96. The molecule has 0 unspecified atom stereocenters. The molecule has 3 aromatic heterocycles. The molecule has 4 heteroatoms. The number of aromatic nitrogens is 1. The fourth-order valence-electron chi connectivity index (χ4n) is 9.91. The minimum absolute atomic E-state index is 0.839. The quantitative estimate of drug-likeness (QED) is 0.161. The number of fused-ring (bicyclic) bond motifs is 9. The van der Waals surface area contributed by atoms with Crippen LogP contribution in [0.15, 0.2) is 239 Å². The lowest BCUT2D eigenvalue weighted by Crippen LogP contribution is -2.12. The predicted molar refractivity (Wildman–Crippen MR) is 266 cm³/mol. The molecule has 10 aromatic carbocycles. The third kappa shape index (κ3) is 5.63. The van der Waals surface area contributed by atoms with Crippen LogP contribution in [0.4, 0.5) is 17.1 Å². The molecule has 13 aromatic rings. The van der Waals surface area contributed by atoms with Crippen LogP contribution in [-0.4, -0.2) is 4.57 Å². The maximum absolute atomic E-state index is 7.02. The molecule has 0 spiro atoms. The Labute approximate surface area is 369 Å². The van der Waals surface area contributed by atoms with E-state index >= 15 is 0 Å². The SMILES string of the molecule is c1ccc(-c2ccc(N(c3ccc(-c4cccc5c4oc4ccccc45)cc3)c3ccc4c(oc5ccccc54)c3-c3ccccc3-n3c4ccccc4c4ccccc43)cc2)cc1. The van der Waals surface area contributed by atoms with Crippen molar-refractivity contribution >= 4 is 82.7 Å². The van der Waals surface area contributed by atoms with Gasteiger partial charge >= 0.3 is 0 Å². The lowest BCUT2D eigenvalue weighted by molar-refractivity contribution is 0.669. The average Bonchev–Trinajstić information content (AvgIpc) is 4.05. The Bertz CT molecular complexity index is 3840. The van der Waals surface area contributed by atoms with Gasteiger partial charge in [0.25, 0.3) is 0 Å². The van der Waals surface area contributed by atoms with E-state index in [-0.39, 0.29) is 0 Å². The van der Waals surface area contributed by atoms with Crippen molar-refractivity contribution in [3.8, 4) is 39.1 Å². The molecule has 0 saturated carbocycles. The van der Waals surface area contributed by atoms with Gasteiger partial charge < -0.3 is 18.3 Å². The van der Waals surface area contributed by atoms with Crippen LogP contribution in [0, 0.1) is 0 Å². The number of para-hydroxylation sites is 6. The molecule has 0 atom stereocenters. The van der Waals surface area contributed by atoms with E-state index < -0.39 is 0 Å². The van der Waals surface area contributed by atoms with Crippen molar-refractivity contribution in [2.45, 2.75) is 0 Å². The highest BCUT2D eigenvalue weighted by atomic mass is 16.3. The fraction of sp³-hybridized carbons (Fsp3) is 0. The van der Waals surface area contributed by atoms with Crippen molar-refractivity contribution in [1.82, 2.24) is 4.57 Å². The first-order valence-electron chi connectivity index (χ1n) is 21.8. The van der Waals surface area contributed by atoms with Gasteiger partial charge in [-0.05, 0) is 83.4 Å². The Kier molecular flexibility index (Phi) is 8.18. The summed E-state index contributed by atoms with van der Waals surface area (Å²) in [6, 6.07) is 82.1. The van der Waals surface area contributed by atoms with Gasteiger partial charge in [0.2, 0.25) is 0 Å². The Morgan fingerprint density at radius 2 is 0.797 bits per heavy atom. The molecule has 0 saturated heterocycles. The fourth-order valence-corrected chi connectivity index (χ4v) is 9.91. The number of benzene rings is 10. The molecule has 300 valence electrons. The summed E-state index contributed by atoms with van der Waals surface area (Å²) in [5.41, 5.74) is 16.4. The van der Waals surface area contributed by atoms with E-state index in [2.05, 4.69) is 222 Å². The van der Waals surface area contributed by atoms with Gasteiger partial charge in [0.15, 0.2) is 0 Å². The van der Waals surface area contributed by atoms with Crippen molar-refractivity contribution in [3.05, 3.63) is 231 Å². The number of furan rings is 2. The zero-order chi connectivity index (χ0) is 42.1. The highest BCUT2D eigenvalue weighted by Crippen LogP contribution is 2.49. The predicted octanol–water partition coefficient (Wildman–Crippen LogP) is 17.1. The summed E-state index contributed by atoms with van der Waals surface area (Å²) in [5.74, 6) is 0. The third-order valence-corrected chi connectivity index (χ3v) is 12.8. The van der Waals surface area contributed by atoms with E-state index in [1.54, 1.807) is 0 Å². The van der Waals surface area contributed by atoms with Gasteiger partial charge in [-0.2, -0.15) is 0 Å². The molecule has 64 heavy (non-hydrogen) atoms. The normalized spacial score (nSPS) is 11.8. The standard InChI is InChI=1S/C60H38N2O2/c1-2-15-39(16-3-1)40-29-33-42(34-30-40)61(43-35-31-41(32-36-43)44-22-14-23-49-47-19-7-12-27-56(47)63-59(44)49)55-38-37-50-48-20-8-13-28-57(48)64-60(50)58(55)51-21-6-11-26-54(51)62-52-24-9-4-17-45(52)46-18-5-10-25-53(46)62/h1-38H. The molecular formula is C60H38N2O2. The van der Waals surface area contributed by atoms with E-state index in [1.165, 1.54) is 16.3 Å². The molecule has 3 heterocycles. The molecule has 0 fully saturated rings. The second-order valence-electron chi connectivity index (χ2n) is 16.4. The van der Waals surface area contributed by atoms with Gasteiger partial charge in [0.05, 0.1) is 28.0 Å². The Hall–Kier alpha value is -8.60. The summed E-state index contributed by atoms with van der Waals surface area (Å²) >= 11 is 0. The van der Waals surface area contributed by atoms with Crippen LogP contribution in [-0.2, 0) is 0 Å². The number of hydrogen-bond donors (Lipinski definition) is 0. The van der Waals surface area contributed by atoms with Crippen LogP contribution in [0.3, 0.4) is 0 Å². The number of hydrogen-bond acceptors (Lipinski definition) is 3. The van der Waals surface area contributed by atoms with E-state index in [0.717, 1.165) is 105 Å². The van der Waals surface area contributed by atoms with Crippen molar-refractivity contribution in [2.75, 3.05) is 4.90 Å². The Morgan fingerprint density at radius 1 is 0.312 bits per heavy atom. The molecule has 4 nitrogen and oxygen atoms in total. The molecule has 0 aliphatic rings. The van der Waals surface area contributed by atoms with Crippen LogP contribution in [0.25, 0.3) is 105 Å². The highest BCUT2D eigenvalue weighted by Gasteiger charge is 2.26. The van der Waals surface area contributed by atoms with Crippen molar-refractivity contribution in [2.24, 2.45) is 0 Å². The van der Waals surface area contributed by atoms with Crippen LogP contribution in [0.2, 0.25) is 0 Å². The minimum atomic E-state index is 0.839. The molecule has 0 amide bonds. The highest BCUT2D eigenvalue weighted by molar-refractivity contribution is 6.15. The van der Waals surface area contributed by atoms with Gasteiger partial charge in [-0.15, -0.1) is 0 Å². The molecule has 0 aliphatic heterocycles. The average molecular weight is 819 g/mol. The Morgan fingerprint density at radius 3 is 1.47 bits per heavy atom. The van der Waals surface area contributed by atoms with Gasteiger partial charge in [-0.1, -0.05) is 164 Å². The molecule has 0 aliphatic carbocycles. The molecule has 13 rings (SSSR count). The monoisotopic (exact) mass is 818 g/mol. The van der Waals surface area contributed by atoms with E-state index in [9.17, 15) is 0 Å². The second-order valence-corrected chi connectivity index (χ2v) is 16.4. The maximum atomic E-state index is 7.02. The van der Waals surface area contributed by atoms with Crippen molar-refractivity contribution < 1.29 is 8.83 Å². The molecule has 0 bridgehead atoms. The van der Waals surface area contributed by atoms with Gasteiger partial charge in [-0.25, -0.2) is 0 Å². The largest absolute Gasteiger partial charge is 0.455 e. The van der Waals surface area contributed by atoms with Crippen LogP contribution in [0.5, 0.6) is 0 Å².